The van der Waals surface area contributed by atoms with Crippen molar-refractivity contribution in [2.45, 2.75) is 23.9 Å². The predicted octanol–water partition coefficient (Wildman–Crippen LogP) is 5.72. The fourth-order valence-corrected chi connectivity index (χ4v) is 2.51. The van der Waals surface area contributed by atoms with E-state index in [1.54, 1.807) is 0 Å². The molecule has 0 aliphatic heterocycles. The van der Waals surface area contributed by atoms with Gasteiger partial charge < -0.3 is 5.73 Å². The van der Waals surface area contributed by atoms with E-state index in [0.29, 0.717) is 6.07 Å². The summed E-state index contributed by atoms with van der Waals surface area (Å²) in [5.74, 6) is -6.73. The first-order valence-corrected chi connectivity index (χ1v) is 6.61. The largest absolute Gasteiger partial charge is 0.457 e. The van der Waals surface area contributed by atoms with Crippen molar-refractivity contribution >= 4 is 37.5 Å². The number of halogens is 11. The summed E-state index contributed by atoms with van der Waals surface area (Å²) in [6.07, 6.45) is -13.3. The molecular formula is C10H4Br2F9N. The Balaban J connectivity index is 3.82. The normalized spacial score (nSPS) is 16.5. The van der Waals surface area contributed by atoms with Crippen molar-refractivity contribution in [1.29, 1.82) is 0 Å². The summed E-state index contributed by atoms with van der Waals surface area (Å²) in [4.78, 5) is 0. The quantitative estimate of drug-likeness (QED) is 0.436. The first-order valence-electron chi connectivity index (χ1n) is 5.03. The lowest BCUT2D eigenvalue weighted by Gasteiger charge is -2.36. The second-order valence-electron chi connectivity index (χ2n) is 4.06. The molecule has 2 N–H and O–H groups in total. The van der Waals surface area contributed by atoms with Crippen LogP contribution in [0.25, 0.3) is 0 Å². The van der Waals surface area contributed by atoms with Gasteiger partial charge in [0.25, 0.3) is 0 Å². The van der Waals surface area contributed by atoms with Crippen LogP contribution in [0.4, 0.5) is 45.2 Å². The Labute approximate surface area is 133 Å². The molecule has 0 spiro atoms. The second-order valence-corrected chi connectivity index (χ2v) is 5.64. The molecule has 12 heteroatoms. The Morgan fingerprint density at radius 3 is 1.55 bits per heavy atom. The third-order valence-electron chi connectivity index (χ3n) is 2.66. The van der Waals surface area contributed by atoms with Gasteiger partial charge in [-0.15, -0.1) is 0 Å². The summed E-state index contributed by atoms with van der Waals surface area (Å²) >= 11 is 4.93. The van der Waals surface area contributed by atoms with Crippen molar-refractivity contribution < 1.29 is 39.5 Å². The minimum atomic E-state index is -6.77. The van der Waals surface area contributed by atoms with Gasteiger partial charge in [0.1, 0.15) is 0 Å². The molecule has 1 atom stereocenters. The van der Waals surface area contributed by atoms with Crippen LogP contribution in [0.3, 0.4) is 0 Å². The lowest BCUT2D eigenvalue weighted by Crippen LogP contribution is -2.59. The molecule has 0 bridgehead atoms. The maximum Gasteiger partial charge on any atom is 0.457 e. The molecule has 0 aliphatic carbocycles. The number of rotatable bonds is 2. The first kappa shape index (κ1) is 19.4. The molecule has 0 heterocycles. The zero-order chi connectivity index (χ0) is 17.7. The smallest absolute Gasteiger partial charge is 0.398 e. The van der Waals surface area contributed by atoms with Gasteiger partial charge in [0, 0.05) is 15.7 Å². The number of hydrogen-bond donors (Lipinski definition) is 1. The minimum absolute atomic E-state index is 0.108. The van der Waals surface area contributed by atoms with E-state index in [4.69, 9.17) is 5.73 Å². The molecule has 0 amide bonds. The Hall–Kier alpha value is -0.650. The Morgan fingerprint density at radius 1 is 0.727 bits per heavy atom. The van der Waals surface area contributed by atoms with E-state index < -0.39 is 38.5 Å². The lowest BCUT2D eigenvalue weighted by molar-refractivity contribution is -0.389. The van der Waals surface area contributed by atoms with Gasteiger partial charge >= 0.3 is 23.9 Å². The van der Waals surface area contributed by atoms with E-state index in [0.717, 1.165) is 0 Å². The average molecular weight is 469 g/mol. The number of nitrogens with two attached hydrogens (primary N) is 1. The van der Waals surface area contributed by atoms with Crippen LogP contribution in [-0.2, 0) is 5.67 Å². The lowest BCUT2D eigenvalue weighted by atomic mass is 9.87. The molecule has 0 aliphatic rings. The molecule has 0 aromatic heterocycles. The zero-order valence-corrected chi connectivity index (χ0v) is 13.1. The maximum atomic E-state index is 14.2. The molecule has 1 aromatic carbocycles. The summed E-state index contributed by atoms with van der Waals surface area (Å²) < 4.78 is 115. The van der Waals surface area contributed by atoms with Gasteiger partial charge in [0.2, 0.25) is 0 Å². The molecule has 1 aromatic rings. The topological polar surface area (TPSA) is 26.0 Å². The van der Waals surface area contributed by atoms with Gasteiger partial charge in [0.05, 0.1) is 4.47 Å². The predicted molar refractivity (Wildman–Crippen MR) is 66.1 cm³/mol. The van der Waals surface area contributed by atoms with Gasteiger partial charge in [-0.2, -0.15) is 35.1 Å². The number of hydrogen-bond acceptors (Lipinski definition) is 1. The van der Waals surface area contributed by atoms with Crippen LogP contribution in [0.15, 0.2) is 21.1 Å². The van der Waals surface area contributed by atoms with Crippen LogP contribution < -0.4 is 5.73 Å². The van der Waals surface area contributed by atoms with Gasteiger partial charge in [-0.1, -0.05) is 6.07 Å². The highest BCUT2D eigenvalue weighted by Gasteiger charge is 2.82. The fourth-order valence-electron chi connectivity index (χ4n) is 1.53. The zero-order valence-electron chi connectivity index (χ0n) is 9.89. The fraction of sp³-hybridized carbons (Fsp3) is 0.400. The van der Waals surface area contributed by atoms with E-state index in [2.05, 4.69) is 31.9 Å². The molecule has 126 valence electrons. The summed E-state index contributed by atoms with van der Waals surface area (Å²) in [6, 6.07) is 0.675. The van der Waals surface area contributed by atoms with E-state index in [-0.39, 0.29) is 11.8 Å². The molecule has 1 nitrogen and oxygen atoms in total. The number of alkyl halides is 9. The van der Waals surface area contributed by atoms with Gasteiger partial charge in [0.15, 0.2) is 0 Å². The highest BCUT2D eigenvalue weighted by atomic mass is 79.9. The van der Waals surface area contributed by atoms with Crippen molar-refractivity contribution in [2.75, 3.05) is 5.73 Å². The van der Waals surface area contributed by atoms with Crippen LogP contribution in [0.5, 0.6) is 0 Å². The van der Waals surface area contributed by atoms with Crippen molar-refractivity contribution in [3.05, 3.63) is 26.6 Å². The molecule has 0 saturated carbocycles. The summed E-state index contributed by atoms with van der Waals surface area (Å²) in [5.41, 5.74) is -3.01. The van der Waals surface area contributed by atoms with E-state index in [1.807, 2.05) is 0 Å². The monoisotopic (exact) mass is 467 g/mol. The van der Waals surface area contributed by atoms with Crippen LogP contribution in [0.1, 0.15) is 5.56 Å². The van der Waals surface area contributed by atoms with Gasteiger partial charge in [-0.3, -0.25) is 0 Å². The average Bonchev–Trinajstić information content (AvgIpc) is 2.32. The number of benzene rings is 1. The molecule has 0 radical (unpaired) electrons. The molecule has 0 fully saturated rings. The summed E-state index contributed by atoms with van der Waals surface area (Å²) in [7, 11) is 0. The van der Waals surface area contributed by atoms with Crippen LogP contribution in [-0.4, -0.2) is 18.3 Å². The summed E-state index contributed by atoms with van der Waals surface area (Å²) in [6.45, 7) is 0. The third-order valence-corrected chi connectivity index (χ3v) is 4.87. The van der Waals surface area contributed by atoms with E-state index in [1.165, 1.54) is 0 Å². The van der Waals surface area contributed by atoms with E-state index in [9.17, 15) is 39.5 Å². The third kappa shape index (κ3) is 2.68. The highest BCUT2D eigenvalue weighted by Crippen LogP contribution is 2.60. The van der Waals surface area contributed by atoms with Crippen molar-refractivity contribution in [3.8, 4) is 0 Å². The van der Waals surface area contributed by atoms with Crippen LogP contribution in [0, 0.1) is 0 Å². The first-order chi connectivity index (χ1) is 9.59. The van der Waals surface area contributed by atoms with E-state index >= 15 is 0 Å². The second kappa shape index (κ2) is 5.46. The Morgan fingerprint density at radius 2 is 1.18 bits per heavy atom. The van der Waals surface area contributed by atoms with Crippen molar-refractivity contribution in [2.24, 2.45) is 0 Å². The molecule has 1 unspecified atom stereocenters. The van der Waals surface area contributed by atoms with Crippen molar-refractivity contribution in [1.82, 2.24) is 0 Å². The standard InChI is InChI=1S/C10H4Br2F9N/c11-5-3(1-2-4(22)6(5)12)7(13,9(16,17)18)8(14,15)10(19,20)21/h1-2H,22H2. The molecule has 0 saturated heterocycles. The van der Waals surface area contributed by atoms with Gasteiger partial charge in [-0.25, -0.2) is 4.39 Å². The van der Waals surface area contributed by atoms with Crippen molar-refractivity contribution in [3.63, 3.8) is 0 Å². The van der Waals surface area contributed by atoms with Crippen LogP contribution in [0.2, 0.25) is 0 Å². The molecular weight excluding hydrogens is 465 g/mol. The highest BCUT2D eigenvalue weighted by molar-refractivity contribution is 9.13. The minimum Gasteiger partial charge on any atom is -0.398 e. The number of nitrogen functional groups attached to an aromatic ring is 1. The SMILES string of the molecule is Nc1ccc(C(F)(C(F)(F)F)C(F)(F)C(F)(F)F)c(Br)c1Br. The molecule has 22 heavy (non-hydrogen) atoms. The van der Waals surface area contributed by atoms with Gasteiger partial charge in [-0.05, 0) is 37.9 Å². The summed E-state index contributed by atoms with van der Waals surface area (Å²) in [5, 5.41) is 0. The maximum absolute atomic E-state index is 14.2. The Kier molecular flexibility index (Phi) is 4.82. The number of anilines is 1. The molecule has 1 rings (SSSR count). The van der Waals surface area contributed by atoms with Crippen LogP contribution >= 0.6 is 31.9 Å². The Bertz CT molecular complexity index is 581.